The van der Waals surface area contributed by atoms with E-state index in [0.29, 0.717) is 12.6 Å². The van der Waals surface area contributed by atoms with Crippen molar-refractivity contribution in [2.75, 3.05) is 40.0 Å². The summed E-state index contributed by atoms with van der Waals surface area (Å²) in [7, 11) is 3.72. The van der Waals surface area contributed by atoms with Gasteiger partial charge in [0.25, 0.3) is 0 Å². The Labute approximate surface area is 157 Å². The molecule has 0 aliphatic carbocycles. The minimum absolute atomic E-state index is 0.355. The topological polar surface area (TPSA) is 63.9 Å². The van der Waals surface area contributed by atoms with Gasteiger partial charge in [-0.3, -0.25) is 4.68 Å². The van der Waals surface area contributed by atoms with Crippen LogP contribution in [-0.4, -0.2) is 66.7 Å². The third kappa shape index (κ3) is 5.71. The molecule has 0 unspecified atom stereocenters. The lowest BCUT2D eigenvalue weighted by molar-refractivity contribution is 0.00990. The number of nitrogens with one attached hydrogen (secondary N) is 1. The van der Waals surface area contributed by atoms with Gasteiger partial charge in [-0.2, -0.15) is 5.10 Å². The van der Waals surface area contributed by atoms with Crippen LogP contribution in [0, 0.1) is 13.8 Å². The molecular formula is C19H35N5O2. The molecule has 0 bridgehead atoms. The van der Waals surface area contributed by atoms with Crippen molar-refractivity contribution in [3.8, 4) is 0 Å². The number of hydrogen-bond donors (Lipinski definition) is 1. The number of guanidine groups is 1. The Morgan fingerprint density at radius 3 is 2.58 bits per heavy atom. The van der Waals surface area contributed by atoms with E-state index in [1.807, 2.05) is 11.7 Å². The zero-order valence-electron chi connectivity index (χ0n) is 17.0. The Bertz CT molecular complexity index is 577. The highest BCUT2D eigenvalue weighted by Gasteiger charge is 2.22. The van der Waals surface area contributed by atoms with Gasteiger partial charge in [-0.1, -0.05) is 0 Å². The SMILES string of the molecule is CCNC(=NCc1c(C)nn(C)c1C)N1CCC(OCCCOC)CC1. The van der Waals surface area contributed by atoms with Crippen molar-refractivity contribution in [2.24, 2.45) is 12.0 Å². The summed E-state index contributed by atoms with van der Waals surface area (Å²) in [6.45, 7) is 11.3. The van der Waals surface area contributed by atoms with Crippen LogP contribution in [0.5, 0.6) is 0 Å². The number of piperidine rings is 1. The number of hydrogen-bond acceptors (Lipinski definition) is 4. The molecule has 1 saturated heterocycles. The fourth-order valence-electron chi connectivity index (χ4n) is 3.31. The number of rotatable bonds is 8. The van der Waals surface area contributed by atoms with Crippen LogP contribution in [0.3, 0.4) is 0 Å². The first-order valence-corrected chi connectivity index (χ1v) is 9.69. The Hall–Kier alpha value is -1.60. The molecule has 2 heterocycles. The second kappa shape index (κ2) is 10.5. The van der Waals surface area contributed by atoms with E-state index in [1.54, 1.807) is 7.11 Å². The fourth-order valence-corrected chi connectivity index (χ4v) is 3.31. The Balaban J connectivity index is 1.89. The minimum atomic E-state index is 0.355. The van der Waals surface area contributed by atoms with Gasteiger partial charge in [-0.15, -0.1) is 0 Å². The molecule has 1 fully saturated rings. The van der Waals surface area contributed by atoms with E-state index in [1.165, 1.54) is 11.3 Å². The maximum atomic E-state index is 5.96. The minimum Gasteiger partial charge on any atom is -0.385 e. The number of aryl methyl sites for hydroxylation is 2. The van der Waals surface area contributed by atoms with Crippen molar-refractivity contribution >= 4 is 5.96 Å². The predicted octanol–water partition coefficient (Wildman–Crippen LogP) is 2.02. The second-order valence-electron chi connectivity index (χ2n) is 6.85. The lowest BCUT2D eigenvalue weighted by atomic mass is 10.1. The first-order valence-electron chi connectivity index (χ1n) is 9.69. The molecule has 1 aliphatic heterocycles. The van der Waals surface area contributed by atoms with E-state index < -0.39 is 0 Å². The third-order valence-electron chi connectivity index (χ3n) is 4.97. The first kappa shape index (κ1) is 20.7. The third-order valence-corrected chi connectivity index (χ3v) is 4.97. The van der Waals surface area contributed by atoms with E-state index in [0.717, 1.165) is 63.8 Å². The van der Waals surface area contributed by atoms with Gasteiger partial charge in [0.15, 0.2) is 5.96 Å². The van der Waals surface area contributed by atoms with Gasteiger partial charge >= 0.3 is 0 Å². The van der Waals surface area contributed by atoms with Crippen molar-refractivity contribution in [1.82, 2.24) is 20.0 Å². The molecule has 7 nitrogen and oxygen atoms in total. The van der Waals surface area contributed by atoms with Crippen molar-refractivity contribution in [3.05, 3.63) is 17.0 Å². The van der Waals surface area contributed by atoms with Crippen molar-refractivity contribution in [2.45, 2.75) is 52.7 Å². The maximum absolute atomic E-state index is 5.96. The molecule has 0 spiro atoms. The summed E-state index contributed by atoms with van der Waals surface area (Å²) >= 11 is 0. The van der Waals surface area contributed by atoms with E-state index in [4.69, 9.17) is 14.5 Å². The lowest BCUT2D eigenvalue weighted by Gasteiger charge is -2.34. The molecule has 0 amide bonds. The maximum Gasteiger partial charge on any atom is 0.194 e. The highest BCUT2D eigenvalue weighted by Crippen LogP contribution is 2.16. The number of likely N-dealkylation sites (tertiary alicyclic amines) is 1. The number of nitrogens with zero attached hydrogens (tertiary/aromatic N) is 4. The highest BCUT2D eigenvalue weighted by molar-refractivity contribution is 5.80. The molecule has 1 aromatic rings. The molecule has 1 aliphatic rings. The molecule has 1 aromatic heterocycles. The lowest BCUT2D eigenvalue weighted by Crippen LogP contribution is -2.47. The van der Waals surface area contributed by atoms with Crippen LogP contribution in [0.1, 0.15) is 43.1 Å². The molecule has 26 heavy (non-hydrogen) atoms. The summed E-state index contributed by atoms with van der Waals surface area (Å²) in [6.07, 6.45) is 3.41. The van der Waals surface area contributed by atoms with Gasteiger partial charge in [0.1, 0.15) is 0 Å². The van der Waals surface area contributed by atoms with E-state index in [-0.39, 0.29) is 0 Å². The van der Waals surface area contributed by atoms with Crippen LogP contribution in [0.15, 0.2) is 4.99 Å². The largest absolute Gasteiger partial charge is 0.385 e. The summed E-state index contributed by atoms with van der Waals surface area (Å²) in [6, 6.07) is 0. The Morgan fingerprint density at radius 2 is 2.00 bits per heavy atom. The summed E-state index contributed by atoms with van der Waals surface area (Å²) in [5.41, 5.74) is 3.47. The number of aromatic nitrogens is 2. The number of aliphatic imine (C=N–C) groups is 1. The normalized spacial score (nSPS) is 16.3. The average Bonchev–Trinajstić information content (AvgIpc) is 2.88. The molecule has 2 rings (SSSR count). The van der Waals surface area contributed by atoms with Crippen LogP contribution >= 0.6 is 0 Å². The van der Waals surface area contributed by atoms with Crippen LogP contribution in [0.25, 0.3) is 0 Å². The molecule has 0 radical (unpaired) electrons. The molecule has 1 N–H and O–H groups in total. The van der Waals surface area contributed by atoms with E-state index >= 15 is 0 Å². The number of methoxy groups -OCH3 is 1. The first-order chi connectivity index (χ1) is 12.6. The summed E-state index contributed by atoms with van der Waals surface area (Å²) in [4.78, 5) is 7.22. The standard InChI is InChI=1S/C19H35N5O2/c1-6-20-19(21-14-18-15(2)22-23(4)16(18)3)24-10-8-17(9-11-24)26-13-7-12-25-5/h17H,6-14H2,1-5H3,(H,20,21). The Kier molecular flexibility index (Phi) is 8.38. The van der Waals surface area contributed by atoms with Crippen molar-refractivity contribution in [3.63, 3.8) is 0 Å². The van der Waals surface area contributed by atoms with Gasteiger partial charge in [-0.05, 0) is 40.0 Å². The van der Waals surface area contributed by atoms with Crippen LogP contribution in [-0.2, 0) is 23.1 Å². The van der Waals surface area contributed by atoms with Crippen LogP contribution in [0.2, 0.25) is 0 Å². The smallest absolute Gasteiger partial charge is 0.194 e. The summed E-state index contributed by atoms with van der Waals surface area (Å²) < 4.78 is 13.0. The van der Waals surface area contributed by atoms with Crippen LogP contribution in [0.4, 0.5) is 0 Å². The van der Waals surface area contributed by atoms with Crippen LogP contribution < -0.4 is 5.32 Å². The molecule has 148 valence electrons. The quantitative estimate of drug-likeness (QED) is 0.434. The van der Waals surface area contributed by atoms with Gasteiger partial charge in [0.2, 0.25) is 0 Å². The van der Waals surface area contributed by atoms with E-state index in [2.05, 4.69) is 36.1 Å². The molecule has 0 aromatic carbocycles. The highest BCUT2D eigenvalue weighted by atomic mass is 16.5. The van der Waals surface area contributed by atoms with E-state index in [9.17, 15) is 0 Å². The monoisotopic (exact) mass is 365 g/mol. The van der Waals surface area contributed by atoms with Crippen molar-refractivity contribution < 1.29 is 9.47 Å². The van der Waals surface area contributed by atoms with Gasteiger partial charge < -0.3 is 19.7 Å². The van der Waals surface area contributed by atoms with Gasteiger partial charge in [0.05, 0.1) is 18.3 Å². The van der Waals surface area contributed by atoms with Gasteiger partial charge in [-0.25, -0.2) is 4.99 Å². The second-order valence-corrected chi connectivity index (χ2v) is 6.85. The molecule has 7 heteroatoms. The zero-order chi connectivity index (χ0) is 18.9. The molecule has 0 saturated carbocycles. The molecular weight excluding hydrogens is 330 g/mol. The molecule has 0 atom stereocenters. The summed E-state index contributed by atoms with van der Waals surface area (Å²) in [5, 5.41) is 7.92. The number of ether oxygens (including phenoxy) is 2. The fraction of sp³-hybridized carbons (Fsp3) is 0.789. The average molecular weight is 366 g/mol. The summed E-state index contributed by atoms with van der Waals surface area (Å²) in [5.74, 6) is 0.994. The Morgan fingerprint density at radius 1 is 1.27 bits per heavy atom. The van der Waals surface area contributed by atoms with Crippen molar-refractivity contribution in [1.29, 1.82) is 0 Å². The predicted molar refractivity (Wildman–Crippen MR) is 105 cm³/mol. The van der Waals surface area contributed by atoms with Gasteiger partial charge in [0, 0.05) is 58.3 Å². The zero-order valence-corrected chi connectivity index (χ0v) is 17.0.